The number of aryl methyl sites for hydroxylation is 1. The van der Waals surface area contributed by atoms with Gasteiger partial charge in [-0.15, -0.1) is 0 Å². The van der Waals surface area contributed by atoms with Gasteiger partial charge in [-0.05, 0) is 34.5 Å². The van der Waals surface area contributed by atoms with Crippen molar-refractivity contribution in [1.29, 1.82) is 0 Å². The average molecular weight is 239 g/mol. The molecule has 0 N–H and O–H groups in total. The van der Waals surface area contributed by atoms with Crippen LogP contribution in [0.15, 0.2) is 29.4 Å². The molecule has 2 heterocycles. The second-order valence-corrected chi connectivity index (χ2v) is 3.49. The Hall–Kier alpha value is -1.23. The Labute approximate surface area is 83.8 Å². The van der Waals surface area contributed by atoms with Crippen LogP contribution in [0.4, 0.5) is 0 Å². The highest BCUT2D eigenvalue weighted by Crippen LogP contribution is 2.15. The van der Waals surface area contributed by atoms with Crippen molar-refractivity contribution in [2.75, 3.05) is 0 Å². The van der Waals surface area contributed by atoms with Crippen LogP contribution in [0.25, 0.3) is 5.82 Å². The lowest BCUT2D eigenvalue weighted by Gasteiger charge is -2.01. The van der Waals surface area contributed by atoms with Crippen LogP contribution in [0.5, 0.6) is 0 Å². The van der Waals surface area contributed by atoms with Gasteiger partial charge in [0.1, 0.15) is 12.7 Å². The number of aromatic nitrogens is 4. The predicted molar refractivity (Wildman–Crippen MR) is 51.6 cm³/mol. The molecule has 0 bridgehead atoms. The number of hydrogen-bond donors (Lipinski definition) is 0. The number of halogens is 1. The minimum Gasteiger partial charge on any atom is -0.236 e. The maximum absolute atomic E-state index is 4.20. The molecule has 0 aliphatic carbocycles. The summed E-state index contributed by atoms with van der Waals surface area (Å²) in [4.78, 5) is 8.05. The van der Waals surface area contributed by atoms with E-state index in [-0.39, 0.29) is 0 Å². The van der Waals surface area contributed by atoms with Gasteiger partial charge in [0.15, 0.2) is 5.82 Å². The van der Waals surface area contributed by atoms with Crippen molar-refractivity contribution in [3.05, 3.63) is 35.0 Å². The van der Waals surface area contributed by atoms with Crippen LogP contribution >= 0.6 is 15.9 Å². The van der Waals surface area contributed by atoms with Crippen LogP contribution in [-0.4, -0.2) is 19.7 Å². The zero-order valence-electron chi connectivity index (χ0n) is 6.98. The minimum atomic E-state index is 0.776. The van der Waals surface area contributed by atoms with E-state index >= 15 is 0 Å². The molecule has 2 rings (SSSR count). The average Bonchev–Trinajstić information content (AvgIpc) is 2.62. The van der Waals surface area contributed by atoms with Crippen molar-refractivity contribution < 1.29 is 0 Å². The van der Waals surface area contributed by atoms with E-state index in [1.807, 2.05) is 13.0 Å². The lowest BCUT2D eigenvalue weighted by molar-refractivity contribution is 0.842. The first-order valence-electron chi connectivity index (χ1n) is 3.74. The molecule has 0 amide bonds. The van der Waals surface area contributed by atoms with Gasteiger partial charge in [0.2, 0.25) is 0 Å². The topological polar surface area (TPSA) is 43.6 Å². The Morgan fingerprint density at radius 1 is 1.46 bits per heavy atom. The summed E-state index contributed by atoms with van der Waals surface area (Å²) in [6, 6.07) is 1.94. The molecule has 0 aliphatic heterocycles. The lowest BCUT2D eigenvalue weighted by Crippen LogP contribution is -1.98. The van der Waals surface area contributed by atoms with Gasteiger partial charge in [-0.1, -0.05) is 0 Å². The van der Waals surface area contributed by atoms with E-state index in [1.54, 1.807) is 17.2 Å². The zero-order valence-corrected chi connectivity index (χ0v) is 8.56. The summed E-state index contributed by atoms with van der Waals surface area (Å²) in [6.45, 7) is 2.01. The van der Waals surface area contributed by atoms with Crippen LogP contribution in [0.3, 0.4) is 0 Å². The van der Waals surface area contributed by atoms with E-state index in [1.165, 1.54) is 6.33 Å². The first-order valence-corrected chi connectivity index (χ1v) is 4.54. The van der Waals surface area contributed by atoms with E-state index in [9.17, 15) is 0 Å². The van der Waals surface area contributed by atoms with Crippen molar-refractivity contribution in [1.82, 2.24) is 19.7 Å². The van der Waals surface area contributed by atoms with Crippen molar-refractivity contribution >= 4 is 15.9 Å². The van der Waals surface area contributed by atoms with Gasteiger partial charge in [-0.2, -0.15) is 5.10 Å². The van der Waals surface area contributed by atoms with Gasteiger partial charge in [-0.25, -0.2) is 14.6 Å². The molecule has 2 aromatic rings. The molecular formula is C8H7BrN4. The fourth-order valence-electron chi connectivity index (χ4n) is 0.976. The van der Waals surface area contributed by atoms with Crippen molar-refractivity contribution in [2.24, 2.45) is 0 Å². The zero-order chi connectivity index (χ0) is 9.26. The summed E-state index contributed by atoms with van der Waals surface area (Å²) in [6.07, 6.45) is 4.86. The van der Waals surface area contributed by atoms with Crippen LogP contribution < -0.4 is 0 Å². The normalized spacial score (nSPS) is 10.3. The predicted octanol–water partition coefficient (Wildman–Crippen LogP) is 1.73. The monoisotopic (exact) mass is 238 g/mol. The highest BCUT2D eigenvalue weighted by atomic mass is 79.9. The molecule has 13 heavy (non-hydrogen) atoms. The van der Waals surface area contributed by atoms with E-state index in [2.05, 4.69) is 31.0 Å². The molecule has 0 fully saturated rings. The van der Waals surface area contributed by atoms with Crippen LogP contribution in [0.2, 0.25) is 0 Å². The van der Waals surface area contributed by atoms with Gasteiger partial charge in [0, 0.05) is 10.7 Å². The smallest absolute Gasteiger partial charge is 0.155 e. The van der Waals surface area contributed by atoms with Crippen molar-refractivity contribution in [2.45, 2.75) is 6.92 Å². The molecule has 0 radical (unpaired) electrons. The molecule has 66 valence electrons. The molecule has 2 aromatic heterocycles. The van der Waals surface area contributed by atoms with Crippen LogP contribution in [0, 0.1) is 6.92 Å². The van der Waals surface area contributed by atoms with Gasteiger partial charge >= 0.3 is 0 Å². The second-order valence-electron chi connectivity index (χ2n) is 2.63. The number of pyridine rings is 1. The van der Waals surface area contributed by atoms with E-state index in [4.69, 9.17) is 0 Å². The summed E-state index contributed by atoms with van der Waals surface area (Å²) >= 11 is 3.38. The summed E-state index contributed by atoms with van der Waals surface area (Å²) in [5.41, 5.74) is 1.13. The maximum atomic E-state index is 4.20. The number of rotatable bonds is 1. The molecular weight excluding hydrogens is 232 g/mol. The molecule has 0 saturated heterocycles. The summed E-state index contributed by atoms with van der Waals surface area (Å²) in [5, 5.41) is 3.99. The fourth-order valence-corrected chi connectivity index (χ4v) is 1.19. The first kappa shape index (κ1) is 8.37. The minimum absolute atomic E-state index is 0.776. The molecule has 0 aromatic carbocycles. The van der Waals surface area contributed by atoms with Gasteiger partial charge in [0.25, 0.3) is 0 Å². The SMILES string of the molecule is Cc1cc(-n2cncn2)ncc1Br. The molecule has 0 aliphatic rings. The third kappa shape index (κ3) is 1.60. The number of hydrogen-bond acceptors (Lipinski definition) is 3. The van der Waals surface area contributed by atoms with E-state index in [0.717, 1.165) is 15.9 Å². The third-order valence-electron chi connectivity index (χ3n) is 1.69. The van der Waals surface area contributed by atoms with E-state index in [0.29, 0.717) is 0 Å². The largest absolute Gasteiger partial charge is 0.236 e. The Morgan fingerprint density at radius 2 is 2.31 bits per heavy atom. The van der Waals surface area contributed by atoms with Crippen LogP contribution in [-0.2, 0) is 0 Å². The summed E-state index contributed by atoms with van der Waals surface area (Å²) in [5.74, 6) is 0.776. The standard InChI is InChI=1S/C8H7BrN4/c1-6-2-8(11-3-7(6)9)13-5-10-4-12-13/h2-5H,1H3. The van der Waals surface area contributed by atoms with Gasteiger partial charge in [-0.3, -0.25) is 0 Å². The van der Waals surface area contributed by atoms with Crippen LogP contribution in [0.1, 0.15) is 5.56 Å². The molecule has 5 heteroatoms. The molecule has 0 saturated carbocycles. The summed E-state index contributed by atoms with van der Waals surface area (Å²) < 4.78 is 2.62. The second kappa shape index (κ2) is 3.26. The fraction of sp³-hybridized carbons (Fsp3) is 0.125. The summed E-state index contributed by atoms with van der Waals surface area (Å²) in [7, 11) is 0. The Morgan fingerprint density at radius 3 is 2.92 bits per heavy atom. The molecule has 0 spiro atoms. The first-order chi connectivity index (χ1) is 6.27. The van der Waals surface area contributed by atoms with E-state index < -0.39 is 0 Å². The lowest BCUT2D eigenvalue weighted by atomic mass is 10.3. The Kier molecular flexibility index (Phi) is 2.10. The number of nitrogens with zero attached hydrogens (tertiary/aromatic N) is 4. The Balaban J connectivity index is 2.49. The third-order valence-corrected chi connectivity index (χ3v) is 2.52. The van der Waals surface area contributed by atoms with Gasteiger partial charge < -0.3 is 0 Å². The molecule has 4 nitrogen and oxygen atoms in total. The highest BCUT2D eigenvalue weighted by Gasteiger charge is 2.00. The quantitative estimate of drug-likeness (QED) is 0.761. The molecule has 0 unspecified atom stereocenters. The van der Waals surface area contributed by atoms with Crippen molar-refractivity contribution in [3.63, 3.8) is 0 Å². The maximum Gasteiger partial charge on any atom is 0.155 e. The van der Waals surface area contributed by atoms with Crippen molar-refractivity contribution in [3.8, 4) is 5.82 Å². The Bertz CT molecular complexity index is 410. The van der Waals surface area contributed by atoms with Gasteiger partial charge in [0.05, 0.1) is 0 Å². The highest BCUT2D eigenvalue weighted by molar-refractivity contribution is 9.10. The molecule has 0 atom stereocenters.